The van der Waals surface area contributed by atoms with Crippen molar-refractivity contribution in [1.29, 1.82) is 5.26 Å². The number of rotatable bonds is 4. The zero-order valence-corrected chi connectivity index (χ0v) is 8.93. The molecule has 0 spiro atoms. The van der Waals surface area contributed by atoms with Gasteiger partial charge in [-0.1, -0.05) is 18.2 Å². The van der Waals surface area contributed by atoms with Crippen LogP contribution in [0, 0.1) is 11.3 Å². The van der Waals surface area contributed by atoms with Crippen LogP contribution in [0.4, 0.5) is 5.69 Å². The van der Waals surface area contributed by atoms with Gasteiger partial charge in [0.15, 0.2) is 5.57 Å². The summed E-state index contributed by atoms with van der Waals surface area (Å²) < 4.78 is 4.71. The number of anilines is 1. The Morgan fingerprint density at radius 1 is 1.50 bits per heavy atom. The van der Waals surface area contributed by atoms with Crippen molar-refractivity contribution in [2.24, 2.45) is 0 Å². The van der Waals surface area contributed by atoms with Crippen LogP contribution in [-0.4, -0.2) is 12.6 Å². The molecule has 0 heterocycles. The van der Waals surface area contributed by atoms with Gasteiger partial charge in [-0.15, -0.1) is 0 Å². The molecule has 1 aromatic rings. The van der Waals surface area contributed by atoms with Crippen LogP contribution in [0.5, 0.6) is 0 Å². The summed E-state index contributed by atoms with van der Waals surface area (Å²) in [7, 11) is 0. The molecule has 0 aliphatic heterocycles. The van der Waals surface area contributed by atoms with Crippen molar-refractivity contribution in [2.45, 2.75) is 6.92 Å². The van der Waals surface area contributed by atoms with Gasteiger partial charge in [0.05, 0.1) is 6.61 Å². The fourth-order valence-corrected chi connectivity index (χ4v) is 1.04. The van der Waals surface area contributed by atoms with Crippen LogP contribution in [0.3, 0.4) is 0 Å². The lowest BCUT2D eigenvalue weighted by Gasteiger charge is -2.01. The molecule has 82 valence electrons. The minimum Gasteiger partial charge on any atom is -0.462 e. The first kappa shape index (κ1) is 11.8. The molecule has 0 bridgehead atoms. The number of esters is 1. The van der Waals surface area contributed by atoms with Crippen molar-refractivity contribution >= 4 is 11.7 Å². The number of nitriles is 1. The monoisotopic (exact) mass is 216 g/mol. The van der Waals surface area contributed by atoms with Crippen LogP contribution in [0.25, 0.3) is 0 Å². The Labute approximate surface area is 94.1 Å². The van der Waals surface area contributed by atoms with E-state index >= 15 is 0 Å². The average molecular weight is 216 g/mol. The van der Waals surface area contributed by atoms with Crippen molar-refractivity contribution < 1.29 is 9.53 Å². The van der Waals surface area contributed by atoms with Gasteiger partial charge in [0.1, 0.15) is 6.07 Å². The van der Waals surface area contributed by atoms with Crippen LogP contribution in [0.2, 0.25) is 0 Å². The second-order valence-corrected chi connectivity index (χ2v) is 2.90. The molecule has 0 atom stereocenters. The van der Waals surface area contributed by atoms with E-state index in [-0.39, 0.29) is 12.2 Å². The standard InChI is InChI=1S/C12H12N2O2/c1-2-16-12(15)10(8-13)9-14-11-6-4-3-5-7-11/h3-7,9,14H,2H2,1H3/b10-9-. The Hall–Kier alpha value is -2.28. The van der Waals surface area contributed by atoms with E-state index in [1.807, 2.05) is 30.3 Å². The molecule has 0 aliphatic rings. The number of nitrogens with zero attached hydrogens (tertiary/aromatic N) is 1. The number of hydrogen-bond acceptors (Lipinski definition) is 4. The molecule has 0 saturated heterocycles. The fraction of sp³-hybridized carbons (Fsp3) is 0.167. The lowest BCUT2D eigenvalue weighted by atomic mass is 10.3. The van der Waals surface area contributed by atoms with Gasteiger partial charge >= 0.3 is 5.97 Å². The molecule has 1 aromatic carbocycles. The topological polar surface area (TPSA) is 62.1 Å². The highest BCUT2D eigenvalue weighted by Crippen LogP contribution is 2.06. The summed E-state index contributed by atoms with van der Waals surface area (Å²) in [5, 5.41) is 11.6. The van der Waals surface area contributed by atoms with E-state index in [1.54, 1.807) is 13.0 Å². The van der Waals surface area contributed by atoms with E-state index in [1.165, 1.54) is 6.20 Å². The van der Waals surface area contributed by atoms with Crippen molar-refractivity contribution in [2.75, 3.05) is 11.9 Å². The first-order valence-electron chi connectivity index (χ1n) is 4.87. The summed E-state index contributed by atoms with van der Waals surface area (Å²) in [5.74, 6) is -0.617. The van der Waals surface area contributed by atoms with Crippen LogP contribution in [-0.2, 0) is 9.53 Å². The number of carbonyl (C=O) groups is 1. The molecule has 1 rings (SSSR count). The van der Waals surface area contributed by atoms with E-state index in [4.69, 9.17) is 10.00 Å². The third-order valence-electron chi connectivity index (χ3n) is 1.77. The number of benzene rings is 1. The molecule has 1 N–H and O–H groups in total. The second-order valence-electron chi connectivity index (χ2n) is 2.90. The lowest BCUT2D eigenvalue weighted by Crippen LogP contribution is -2.07. The number of ether oxygens (including phenoxy) is 1. The number of hydrogen-bond donors (Lipinski definition) is 1. The molecule has 0 unspecified atom stereocenters. The largest absolute Gasteiger partial charge is 0.462 e. The molecule has 0 aliphatic carbocycles. The molecule has 0 amide bonds. The summed E-state index contributed by atoms with van der Waals surface area (Å²) in [6.07, 6.45) is 1.34. The predicted octanol–water partition coefficient (Wildman–Crippen LogP) is 2.07. The molecule has 0 radical (unpaired) electrons. The first-order valence-corrected chi connectivity index (χ1v) is 4.87. The first-order chi connectivity index (χ1) is 7.77. The Balaban J connectivity index is 2.68. The average Bonchev–Trinajstić information content (AvgIpc) is 2.31. The molecule has 4 nitrogen and oxygen atoms in total. The Morgan fingerprint density at radius 3 is 2.75 bits per heavy atom. The summed E-state index contributed by atoms with van der Waals surface area (Å²) in [4.78, 5) is 11.2. The van der Waals surface area contributed by atoms with Crippen LogP contribution >= 0.6 is 0 Å². The van der Waals surface area contributed by atoms with Crippen LogP contribution in [0.15, 0.2) is 42.1 Å². The van der Waals surface area contributed by atoms with Gasteiger partial charge in [-0.2, -0.15) is 5.26 Å². The normalized spacial score (nSPS) is 10.4. The van der Waals surface area contributed by atoms with Gasteiger partial charge in [-0.25, -0.2) is 4.79 Å². The molecule has 0 aromatic heterocycles. The maximum Gasteiger partial charge on any atom is 0.350 e. The SMILES string of the molecule is CCOC(=O)/C(C#N)=C\Nc1ccccc1. The van der Waals surface area contributed by atoms with Crippen molar-refractivity contribution in [1.82, 2.24) is 0 Å². The molecular formula is C12H12N2O2. The van der Waals surface area contributed by atoms with Crippen molar-refractivity contribution in [3.8, 4) is 6.07 Å². The van der Waals surface area contributed by atoms with Crippen molar-refractivity contribution in [3.05, 3.63) is 42.1 Å². The van der Waals surface area contributed by atoms with Crippen LogP contribution in [0.1, 0.15) is 6.92 Å². The quantitative estimate of drug-likeness (QED) is 0.475. The summed E-state index contributed by atoms with van der Waals surface area (Å²) in [6.45, 7) is 1.95. The smallest absolute Gasteiger partial charge is 0.350 e. The molecule has 0 saturated carbocycles. The molecule has 16 heavy (non-hydrogen) atoms. The Morgan fingerprint density at radius 2 is 2.19 bits per heavy atom. The third-order valence-corrected chi connectivity index (χ3v) is 1.77. The second kappa shape index (κ2) is 6.25. The third kappa shape index (κ3) is 3.46. The number of carbonyl (C=O) groups excluding carboxylic acids is 1. The highest BCUT2D eigenvalue weighted by molar-refractivity contribution is 5.93. The zero-order valence-electron chi connectivity index (χ0n) is 8.93. The van der Waals surface area contributed by atoms with E-state index in [2.05, 4.69) is 5.32 Å². The van der Waals surface area contributed by atoms with Gasteiger partial charge in [0.25, 0.3) is 0 Å². The minimum absolute atomic E-state index is 0.0503. The maximum absolute atomic E-state index is 11.2. The van der Waals surface area contributed by atoms with E-state index in [0.29, 0.717) is 0 Å². The lowest BCUT2D eigenvalue weighted by molar-refractivity contribution is -0.138. The summed E-state index contributed by atoms with van der Waals surface area (Å²) in [6, 6.07) is 11.0. The summed E-state index contributed by atoms with van der Waals surface area (Å²) in [5.41, 5.74) is 0.755. The number of para-hydroxylation sites is 1. The highest BCUT2D eigenvalue weighted by atomic mass is 16.5. The molecular weight excluding hydrogens is 204 g/mol. The number of nitrogens with one attached hydrogen (secondary N) is 1. The van der Waals surface area contributed by atoms with Gasteiger partial charge < -0.3 is 10.1 Å². The predicted molar refractivity (Wildman–Crippen MR) is 60.4 cm³/mol. The zero-order chi connectivity index (χ0) is 11.8. The van der Waals surface area contributed by atoms with E-state index in [0.717, 1.165) is 5.69 Å². The van der Waals surface area contributed by atoms with Gasteiger partial charge in [-0.3, -0.25) is 0 Å². The van der Waals surface area contributed by atoms with Crippen molar-refractivity contribution in [3.63, 3.8) is 0 Å². The highest BCUT2D eigenvalue weighted by Gasteiger charge is 2.08. The van der Waals surface area contributed by atoms with E-state index in [9.17, 15) is 4.79 Å². The molecule has 4 heteroatoms. The van der Waals surface area contributed by atoms with Crippen LogP contribution < -0.4 is 5.32 Å². The van der Waals surface area contributed by atoms with Gasteiger partial charge in [0, 0.05) is 11.9 Å². The van der Waals surface area contributed by atoms with E-state index < -0.39 is 5.97 Å². The van der Waals surface area contributed by atoms with Gasteiger partial charge in [-0.05, 0) is 19.1 Å². The Kier molecular flexibility index (Phi) is 4.61. The maximum atomic E-state index is 11.2. The molecule has 0 fully saturated rings. The fourth-order valence-electron chi connectivity index (χ4n) is 1.04. The minimum atomic E-state index is -0.617. The Bertz CT molecular complexity index is 418. The van der Waals surface area contributed by atoms with Gasteiger partial charge in [0.2, 0.25) is 0 Å². The summed E-state index contributed by atoms with van der Waals surface area (Å²) >= 11 is 0.